The molecule has 0 spiro atoms. The summed E-state index contributed by atoms with van der Waals surface area (Å²) in [5, 5.41) is 0. The zero-order valence-corrected chi connectivity index (χ0v) is 16.9. The van der Waals surface area contributed by atoms with Crippen molar-refractivity contribution in [3.63, 3.8) is 0 Å². The molecule has 0 saturated heterocycles. The van der Waals surface area contributed by atoms with Gasteiger partial charge in [0.25, 0.3) is 0 Å². The van der Waals surface area contributed by atoms with E-state index in [1.165, 1.54) is 12.2 Å². The Balaban J connectivity index is 1.51. The Labute approximate surface area is 176 Å². The first-order valence-electron chi connectivity index (χ1n) is 9.51. The van der Waals surface area contributed by atoms with Crippen LogP contribution in [0.15, 0.2) is 84.9 Å². The molecule has 0 saturated carbocycles. The van der Waals surface area contributed by atoms with Crippen LogP contribution in [-0.2, 0) is 9.59 Å². The number of rotatable bonds is 6. The van der Waals surface area contributed by atoms with Gasteiger partial charge in [-0.3, -0.25) is 0 Å². The Bertz CT molecular complexity index is 969. The largest absolute Gasteiger partial charge is 0.423 e. The number of carbonyl (C=O) groups is 2. The van der Waals surface area contributed by atoms with Gasteiger partial charge in [-0.05, 0) is 61.4 Å². The SMILES string of the molecule is Cc1ccc(/C=C/C(=O)Oc2ccc(OC(=O)/C=C/c3ccc(C)cc3)cc2)cc1. The van der Waals surface area contributed by atoms with E-state index in [4.69, 9.17) is 9.47 Å². The van der Waals surface area contributed by atoms with Gasteiger partial charge in [0, 0.05) is 12.2 Å². The smallest absolute Gasteiger partial charge is 0.336 e. The average molecular weight is 398 g/mol. The Hall–Kier alpha value is -3.92. The predicted molar refractivity (Wildman–Crippen MR) is 118 cm³/mol. The molecule has 30 heavy (non-hydrogen) atoms. The van der Waals surface area contributed by atoms with E-state index < -0.39 is 11.9 Å². The third-order valence-electron chi connectivity index (χ3n) is 4.24. The topological polar surface area (TPSA) is 52.6 Å². The fourth-order valence-electron chi connectivity index (χ4n) is 2.56. The molecule has 4 nitrogen and oxygen atoms in total. The normalized spacial score (nSPS) is 11.0. The molecule has 3 rings (SSSR count). The van der Waals surface area contributed by atoms with E-state index >= 15 is 0 Å². The Kier molecular flexibility index (Phi) is 6.95. The lowest BCUT2D eigenvalue weighted by atomic mass is 10.1. The summed E-state index contributed by atoms with van der Waals surface area (Å²) in [6.45, 7) is 4.01. The highest BCUT2D eigenvalue weighted by Crippen LogP contribution is 2.18. The zero-order valence-electron chi connectivity index (χ0n) is 16.9. The molecule has 0 bridgehead atoms. The number of benzene rings is 3. The number of esters is 2. The second kappa shape index (κ2) is 10.0. The molecule has 0 radical (unpaired) electrons. The minimum atomic E-state index is -0.485. The van der Waals surface area contributed by atoms with E-state index in [1.807, 2.05) is 62.4 Å². The van der Waals surface area contributed by atoms with Gasteiger partial charge in [0.15, 0.2) is 0 Å². The summed E-state index contributed by atoms with van der Waals surface area (Å²) in [4.78, 5) is 23.9. The van der Waals surface area contributed by atoms with Crippen LogP contribution in [0.4, 0.5) is 0 Å². The molecule has 0 aliphatic rings. The fraction of sp³-hybridized carbons (Fsp3) is 0.0769. The van der Waals surface area contributed by atoms with Gasteiger partial charge in [0.1, 0.15) is 11.5 Å². The summed E-state index contributed by atoms with van der Waals surface area (Å²) in [5.74, 6) is -0.241. The molecular formula is C26H22O4. The first-order chi connectivity index (χ1) is 14.5. The first kappa shape index (κ1) is 20.8. The highest BCUT2D eigenvalue weighted by molar-refractivity contribution is 5.89. The van der Waals surface area contributed by atoms with Crippen molar-refractivity contribution in [2.24, 2.45) is 0 Å². The Morgan fingerprint density at radius 2 is 0.900 bits per heavy atom. The number of hydrogen-bond donors (Lipinski definition) is 0. The van der Waals surface area contributed by atoms with Gasteiger partial charge in [-0.25, -0.2) is 9.59 Å². The number of aryl methyl sites for hydroxylation is 2. The summed E-state index contributed by atoms with van der Waals surface area (Å²) in [6.07, 6.45) is 6.12. The lowest BCUT2D eigenvalue weighted by Crippen LogP contribution is -2.05. The van der Waals surface area contributed by atoms with E-state index in [-0.39, 0.29) is 0 Å². The fourth-order valence-corrected chi connectivity index (χ4v) is 2.56. The van der Waals surface area contributed by atoms with Crippen LogP contribution in [0.1, 0.15) is 22.3 Å². The van der Waals surface area contributed by atoms with Gasteiger partial charge >= 0.3 is 11.9 Å². The van der Waals surface area contributed by atoms with Crippen LogP contribution in [0.25, 0.3) is 12.2 Å². The molecule has 4 heteroatoms. The second-order valence-electron chi connectivity index (χ2n) is 6.80. The van der Waals surface area contributed by atoms with E-state index in [0.717, 1.165) is 22.3 Å². The van der Waals surface area contributed by atoms with Gasteiger partial charge in [0.05, 0.1) is 0 Å². The van der Waals surface area contributed by atoms with Crippen molar-refractivity contribution in [3.05, 3.63) is 107 Å². The van der Waals surface area contributed by atoms with Crippen LogP contribution >= 0.6 is 0 Å². The van der Waals surface area contributed by atoms with Crippen molar-refractivity contribution < 1.29 is 19.1 Å². The third-order valence-corrected chi connectivity index (χ3v) is 4.24. The third kappa shape index (κ3) is 6.60. The molecule has 0 heterocycles. The van der Waals surface area contributed by atoms with E-state index in [9.17, 15) is 9.59 Å². The number of hydrogen-bond acceptors (Lipinski definition) is 4. The predicted octanol–water partition coefficient (Wildman–Crippen LogP) is 5.54. The van der Waals surface area contributed by atoms with Crippen LogP contribution < -0.4 is 9.47 Å². The highest BCUT2D eigenvalue weighted by Gasteiger charge is 2.04. The maximum atomic E-state index is 12.0. The second-order valence-corrected chi connectivity index (χ2v) is 6.80. The summed E-state index contributed by atoms with van der Waals surface area (Å²) < 4.78 is 10.5. The average Bonchev–Trinajstić information content (AvgIpc) is 2.74. The molecule has 150 valence electrons. The van der Waals surface area contributed by atoms with Crippen molar-refractivity contribution in [2.45, 2.75) is 13.8 Å². The van der Waals surface area contributed by atoms with Crippen molar-refractivity contribution in [1.82, 2.24) is 0 Å². The summed E-state index contributed by atoms with van der Waals surface area (Å²) >= 11 is 0. The molecule has 0 aliphatic heterocycles. The minimum Gasteiger partial charge on any atom is -0.423 e. The lowest BCUT2D eigenvalue weighted by molar-refractivity contribution is -0.130. The standard InChI is InChI=1S/C26H22O4/c1-19-3-7-21(8-4-19)11-17-25(27)29-23-13-15-24(16-14-23)30-26(28)18-12-22-9-5-20(2)6-10-22/h3-18H,1-2H3/b17-11+,18-12+. The number of carbonyl (C=O) groups excluding carboxylic acids is 2. The lowest BCUT2D eigenvalue weighted by Gasteiger charge is -2.04. The maximum absolute atomic E-state index is 12.0. The minimum absolute atomic E-state index is 0.364. The van der Waals surface area contributed by atoms with Gasteiger partial charge in [0.2, 0.25) is 0 Å². The maximum Gasteiger partial charge on any atom is 0.336 e. The molecule has 0 N–H and O–H groups in total. The Morgan fingerprint density at radius 1 is 0.567 bits per heavy atom. The van der Waals surface area contributed by atoms with Crippen LogP contribution in [-0.4, -0.2) is 11.9 Å². The van der Waals surface area contributed by atoms with Crippen molar-refractivity contribution in [2.75, 3.05) is 0 Å². The molecule has 0 atom stereocenters. The summed E-state index contributed by atoms with van der Waals surface area (Å²) in [7, 11) is 0. The van der Waals surface area contributed by atoms with Gasteiger partial charge < -0.3 is 9.47 Å². The highest BCUT2D eigenvalue weighted by atomic mass is 16.5. The zero-order chi connectivity index (χ0) is 21.3. The quantitative estimate of drug-likeness (QED) is 0.311. The molecule has 3 aromatic carbocycles. The van der Waals surface area contributed by atoms with E-state index in [2.05, 4.69) is 0 Å². The molecule has 0 unspecified atom stereocenters. The molecular weight excluding hydrogens is 376 g/mol. The van der Waals surface area contributed by atoms with Gasteiger partial charge in [-0.1, -0.05) is 59.7 Å². The van der Waals surface area contributed by atoms with Crippen LogP contribution in [0.5, 0.6) is 11.5 Å². The summed E-state index contributed by atoms with van der Waals surface area (Å²) in [6, 6.07) is 21.9. The van der Waals surface area contributed by atoms with Crippen LogP contribution in [0, 0.1) is 13.8 Å². The molecule has 0 aliphatic carbocycles. The Morgan fingerprint density at radius 3 is 1.23 bits per heavy atom. The first-order valence-corrected chi connectivity index (χ1v) is 9.51. The monoisotopic (exact) mass is 398 g/mol. The van der Waals surface area contributed by atoms with E-state index in [1.54, 1.807) is 36.4 Å². The molecule has 0 amide bonds. The molecule has 0 aromatic heterocycles. The van der Waals surface area contributed by atoms with Crippen molar-refractivity contribution >= 4 is 24.1 Å². The van der Waals surface area contributed by atoms with Crippen molar-refractivity contribution in [1.29, 1.82) is 0 Å². The molecule has 3 aromatic rings. The van der Waals surface area contributed by atoms with Crippen LogP contribution in [0.3, 0.4) is 0 Å². The van der Waals surface area contributed by atoms with Gasteiger partial charge in [-0.15, -0.1) is 0 Å². The number of ether oxygens (including phenoxy) is 2. The van der Waals surface area contributed by atoms with Crippen LogP contribution in [0.2, 0.25) is 0 Å². The summed E-state index contributed by atoms with van der Waals surface area (Å²) in [5.41, 5.74) is 4.14. The van der Waals surface area contributed by atoms with E-state index in [0.29, 0.717) is 11.5 Å². The van der Waals surface area contributed by atoms with Crippen molar-refractivity contribution in [3.8, 4) is 11.5 Å². The van der Waals surface area contributed by atoms with Gasteiger partial charge in [-0.2, -0.15) is 0 Å². The molecule has 0 fully saturated rings.